The predicted molar refractivity (Wildman–Crippen MR) is 125 cm³/mol. The molecule has 0 aliphatic rings. The average Bonchev–Trinajstić information content (AvgIpc) is 3.14. The topological polar surface area (TPSA) is 77.6 Å². The number of carbonyl (C=O) groups is 1. The third-order valence-corrected chi connectivity index (χ3v) is 5.43. The standard InChI is InChI=1S/C25H24F2N4O3/c1-4-8-16(3)34-21-14-20(31-25(33)30-12-6-5-11-22(30)29-31)19(27)13-17(21)24(32)28-23-15(2)9-7-10-18(23)26/h5-7,9-14,16H,4,8H2,1-3H3,(H,28,32). The number of hydrogen-bond acceptors (Lipinski definition) is 4. The molecule has 1 unspecified atom stereocenters. The van der Waals surface area contributed by atoms with Crippen molar-refractivity contribution in [3.63, 3.8) is 0 Å². The predicted octanol–water partition coefficient (Wildman–Crippen LogP) is 4.89. The molecular formula is C25H24F2N4O3. The van der Waals surface area contributed by atoms with Gasteiger partial charge in [0, 0.05) is 12.3 Å². The molecular weight excluding hydrogens is 442 g/mol. The van der Waals surface area contributed by atoms with Crippen molar-refractivity contribution in [2.45, 2.75) is 39.7 Å². The van der Waals surface area contributed by atoms with E-state index in [4.69, 9.17) is 4.74 Å². The molecule has 0 saturated carbocycles. The van der Waals surface area contributed by atoms with Gasteiger partial charge in [0.15, 0.2) is 5.65 Å². The summed E-state index contributed by atoms with van der Waals surface area (Å²) in [5, 5.41) is 6.70. The Balaban J connectivity index is 1.81. The second kappa shape index (κ2) is 9.46. The summed E-state index contributed by atoms with van der Waals surface area (Å²) in [5.74, 6) is -2.13. The van der Waals surface area contributed by atoms with Crippen LogP contribution < -0.4 is 15.7 Å². The van der Waals surface area contributed by atoms with Gasteiger partial charge in [-0.25, -0.2) is 18.0 Å². The lowest BCUT2D eigenvalue weighted by Gasteiger charge is -2.18. The van der Waals surface area contributed by atoms with Gasteiger partial charge in [0.2, 0.25) is 0 Å². The van der Waals surface area contributed by atoms with Crippen LogP contribution in [0.25, 0.3) is 11.3 Å². The van der Waals surface area contributed by atoms with Gasteiger partial charge in [0.05, 0.1) is 17.4 Å². The summed E-state index contributed by atoms with van der Waals surface area (Å²) >= 11 is 0. The molecule has 0 radical (unpaired) electrons. The largest absolute Gasteiger partial charge is 0.490 e. The number of carbonyl (C=O) groups excluding carboxylic acids is 1. The van der Waals surface area contributed by atoms with E-state index in [9.17, 15) is 14.0 Å². The second-order valence-electron chi connectivity index (χ2n) is 8.03. The fraction of sp³-hybridized carbons (Fsp3) is 0.240. The molecule has 1 amide bonds. The Morgan fingerprint density at radius 2 is 1.94 bits per heavy atom. The van der Waals surface area contributed by atoms with E-state index in [-0.39, 0.29) is 28.8 Å². The monoisotopic (exact) mass is 466 g/mol. The number of aromatic nitrogens is 3. The SMILES string of the molecule is CCCC(C)Oc1cc(-n2nc3ccccn3c2=O)c(F)cc1C(=O)Nc1c(C)cccc1F. The van der Waals surface area contributed by atoms with Crippen molar-refractivity contribution in [1.82, 2.24) is 14.2 Å². The zero-order valence-electron chi connectivity index (χ0n) is 19.0. The Morgan fingerprint density at radius 1 is 1.15 bits per heavy atom. The second-order valence-corrected chi connectivity index (χ2v) is 8.03. The molecule has 4 rings (SSSR count). The maximum Gasteiger partial charge on any atom is 0.355 e. The van der Waals surface area contributed by atoms with Gasteiger partial charge in [0.25, 0.3) is 5.91 Å². The number of fused-ring (bicyclic) bond motifs is 1. The van der Waals surface area contributed by atoms with E-state index in [2.05, 4.69) is 10.4 Å². The first-order valence-electron chi connectivity index (χ1n) is 10.9. The molecule has 0 fully saturated rings. The van der Waals surface area contributed by atoms with Gasteiger partial charge in [0.1, 0.15) is 23.1 Å². The van der Waals surface area contributed by atoms with E-state index >= 15 is 4.39 Å². The van der Waals surface area contributed by atoms with E-state index in [1.807, 2.05) is 13.8 Å². The van der Waals surface area contributed by atoms with E-state index in [1.165, 1.54) is 28.8 Å². The first-order valence-corrected chi connectivity index (χ1v) is 10.9. The third kappa shape index (κ3) is 4.41. The molecule has 0 aliphatic heterocycles. The van der Waals surface area contributed by atoms with Crippen molar-refractivity contribution < 1.29 is 18.3 Å². The lowest BCUT2D eigenvalue weighted by atomic mass is 10.1. The average molecular weight is 466 g/mol. The highest BCUT2D eigenvalue weighted by Gasteiger charge is 2.23. The van der Waals surface area contributed by atoms with E-state index in [1.54, 1.807) is 31.2 Å². The molecule has 34 heavy (non-hydrogen) atoms. The molecule has 0 aliphatic carbocycles. The van der Waals surface area contributed by atoms with Gasteiger partial charge in [-0.15, -0.1) is 5.10 Å². The van der Waals surface area contributed by atoms with Gasteiger partial charge in [-0.3, -0.25) is 4.79 Å². The lowest BCUT2D eigenvalue weighted by molar-refractivity contribution is 0.101. The van der Waals surface area contributed by atoms with Crippen LogP contribution in [0.2, 0.25) is 0 Å². The normalized spacial score (nSPS) is 12.0. The molecule has 4 aromatic rings. The Hall–Kier alpha value is -4.01. The summed E-state index contributed by atoms with van der Waals surface area (Å²) < 4.78 is 37.7. The number of hydrogen-bond donors (Lipinski definition) is 1. The number of nitrogens with zero attached hydrogens (tertiary/aromatic N) is 3. The molecule has 9 heteroatoms. The number of rotatable bonds is 7. The Bertz CT molecular complexity index is 1410. The van der Waals surface area contributed by atoms with E-state index in [0.717, 1.165) is 17.2 Å². The van der Waals surface area contributed by atoms with Crippen molar-refractivity contribution >= 4 is 17.2 Å². The molecule has 7 nitrogen and oxygen atoms in total. The van der Waals surface area contributed by atoms with Crippen LogP contribution in [-0.2, 0) is 0 Å². The summed E-state index contributed by atoms with van der Waals surface area (Å²) in [5.41, 5.74) is 0.00567. The summed E-state index contributed by atoms with van der Waals surface area (Å²) in [7, 11) is 0. The van der Waals surface area contributed by atoms with Gasteiger partial charge < -0.3 is 10.1 Å². The van der Waals surface area contributed by atoms with Crippen LogP contribution in [-0.4, -0.2) is 26.2 Å². The van der Waals surface area contributed by atoms with Gasteiger partial charge in [-0.1, -0.05) is 31.5 Å². The third-order valence-electron chi connectivity index (χ3n) is 5.43. The smallest absolute Gasteiger partial charge is 0.355 e. The lowest BCUT2D eigenvalue weighted by Crippen LogP contribution is -2.22. The summed E-state index contributed by atoms with van der Waals surface area (Å²) in [6.07, 6.45) is 2.76. The first kappa shape index (κ1) is 23.2. The summed E-state index contributed by atoms with van der Waals surface area (Å²) in [4.78, 5) is 25.9. The van der Waals surface area contributed by atoms with Gasteiger partial charge >= 0.3 is 5.69 Å². The summed E-state index contributed by atoms with van der Waals surface area (Å²) in [6, 6.07) is 11.7. The maximum absolute atomic E-state index is 15.2. The number of halogens is 2. The zero-order valence-corrected chi connectivity index (χ0v) is 19.0. The number of aryl methyl sites for hydroxylation is 1. The molecule has 1 atom stereocenters. The van der Waals surface area contributed by atoms with Crippen molar-refractivity contribution in [3.05, 3.63) is 88.0 Å². The van der Waals surface area contributed by atoms with Crippen LogP contribution in [0, 0.1) is 18.6 Å². The molecule has 176 valence electrons. The summed E-state index contributed by atoms with van der Waals surface area (Å²) in [6.45, 7) is 5.46. The van der Waals surface area contributed by atoms with Crippen LogP contribution in [0.1, 0.15) is 42.6 Å². The Kier molecular flexibility index (Phi) is 6.45. The number of anilines is 1. The Labute approximate surface area is 194 Å². The minimum atomic E-state index is -0.851. The van der Waals surface area contributed by atoms with Crippen LogP contribution in [0.4, 0.5) is 14.5 Å². The molecule has 2 heterocycles. The van der Waals surface area contributed by atoms with E-state index < -0.39 is 23.2 Å². The maximum atomic E-state index is 15.2. The van der Waals surface area contributed by atoms with E-state index in [0.29, 0.717) is 17.6 Å². The number of para-hydroxylation sites is 1. The molecule has 0 saturated heterocycles. The number of benzene rings is 2. The van der Waals surface area contributed by atoms with Crippen LogP contribution >= 0.6 is 0 Å². The van der Waals surface area contributed by atoms with Crippen molar-refractivity contribution in [2.24, 2.45) is 0 Å². The first-order chi connectivity index (χ1) is 16.3. The molecule has 2 aromatic carbocycles. The van der Waals surface area contributed by atoms with Crippen molar-refractivity contribution in [2.75, 3.05) is 5.32 Å². The number of pyridine rings is 1. The highest BCUT2D eigenvalue weighted by molar-refractivity contribution is 6.06. The molecule has 1 N–H and O–H groups in total. The number of ether oxygens (including phenoxy) is 1. The molecule has 0 spiro atoms. The van der Waals surface area contributed by atoms with Crippen LogP contribution in [0.15, 0.2) is 59.5 Å². The minimum Gasteiger partial charge on any atom is -0.490 e. The van der Waals surface area contributed by atoms with Crippen molar-refractivity contribution in [1.29, 1.82) is 0 Å². The highest BCUT2D eigenvalue weighted by Crippen LogP contribution is 2.29. The molecule has 0 bridgehead atoms. The zero-order chi connectivity index (χ0) is 24.4. The van der Waals surface area contributed by atoms with Gasteiger partial charge in [-0.05, 0) is 50.1 Å². The fourth-order valence-corrected chi connectivity index (χ4v) is 3.71. The Morgan fingerprint density at radius 3 is 2.65 bits per heavy atom. The quantitative estimate of drug-likeness (QED) is 0.421. The molecule has 2 aromatic heterocycles. The number of amides is 1. The fourth-order valence-electron chi connectivity index (χ4n) is 3.71. The van der Waals surface area contributed by atoms with Crippen LogP contribution in [0.5, 0.6) is 5.75 Å². The van der Waals surface area contributed by atoms with Crippen molar-refractivity contribution in [3.8, 4) is 11.4 Å². The highest BCUT2D eigenvalue weighted by atomic mass is 19.1. The number of nitrogens with one attached hydrogen (secondary N) is 1. The van der Waals surface area contributed by atoms with Gasteiger partial charge in [-0.2, -0.15) is 4.68 Å². The minimum absolute atomic E-state index is 0.00103. The van der Waals surface area contributed by atoms with Crippen LogP contribution in [0.3, 0.4) is 0 Å².